The fraction of sp³-hybridized carbons (Fsp3) is 0.333. The van der Waals surface area contributed by atoms with Crippen molar-refractivity contribution in [3.63, 3.8) is 0 Å². The molecule has 19 heavy (non-hydrogen) atoms. The van der Waals surface area contributed by atoms with Crippen molar-refractivity contribution in [2.75, 3.05) is 0 Å². The van der Waals surface area contributed by atoms with Crippen molar-refractivity contribution in [1.82, 2.24) is 5.01 Å². The summed E-state index contributed by atoms with van der Waals surface area (Å²) in [6.07, 6.45) is -5.71. The van der Waals surface area contributed by atoms with Crippen molar-refractivity contribution in [1.29, 1.82) is 0 Å². The van der Waals surface area contributed by atoms with Gasteiger partial charge < -0.3 is 5.11 Å². The van der Waals surface area contributed by atoms with Crippen molar-refractivity contribution in [3.05, 3.63) is 35.9 Å². The summed E-state index contributed by atoms with van der Waals surface area (Å²) in [7, 11) is 0. The van der Waals surface area contributed by atoms with E-state index in [1.54, 1.807) is 6.07 Å². The number of aliphatic hydroxyl groups is 1. The monoisotopic (exact) mass is 272 g/mol. The molecular formula is C12H11F3N2O2. The molecule has 0 aliphatic carbocycles. The highest BCUT2D eigenvalue weighted by Crippen LogP contribution is 2.40. The van der Waals surface area contributed by atoms with Crippen LogP contribution in [0.3, 0.4) is 0 Å². The molecule has 1 aromatic rings. The Morgan fingerprint density at radius 2 is 1.95 bits per heavy atom. The van der Waals surface area contributed by atoms with Crippen molar-refractivity contribution in [2.45, 2.75) is 25.2 Å². The average molecular weight is 272 g/mol. The smallest absolute Gasteiger partial charge is 0.362 e. The molecule has 1 amide bonds. The van der Waals surface area contributed by atoms with Crippen LogP contribution in [0.2, 0.25) is 0 Å². The zero-order valence-corrected chi connectivity index (χ0v) is 9.98. The lowest BCUT2D eigenvalue weighted by atomic mass is 10.1. The number of hydrazone groups is 1. The van der Waals surface area contributed by atoms with Gasteiger partial charge in [-0.3, -0.25) is 4.79 Å². The Kier molecular flexibility index (Phi) is 3.09. The van der Waals surface area contributed by atoms with E-state index in [1.807, 2.05) is 0 Å². The molecule has 0 aromatic heterocycles. The topological polar surface area (TPSA) is 52.9 Å². The van der Waals surface area contributed by atoms with Crippen LogP contribution in [0.15, 0.2) is 35.4 Å². The maximum Gasteiger partial charge on any atom is 0.438 e. The van der Waals surface area contributed by atoms with Gasteiger partial charge in [0.05, 0.1) is 0 Å². The summed E-state index contributed by atoms with van der Waals surface area (Å²) in [5.74, 6) is -0.989. The van der Waals surface area contributed by atoms with Gasteiger partial charge in [0, 0.05) is 17.7 Å². The summed E-state index contributed by atoms with van der Waals surface area (Å²) < 4.78 is 38.8. The van der Waals surface area contributed by atoms with Gasteiger partial charge in [-0.15, -0.1) is 0 Å². The Labute approximate surface area is 107 Å². The number of hydrogen-bond acceptors (Lipinski definition) is 3. The zero-order chi connectivity index (χ0) is 14.3. The van der Waals surface area contributed by atoms with Crippen LogP contribution in [0.1, 0.15) is 23.7 Å². The van der Waals surface area contributed by atoms with Gasteiger partial charge in [0.2, 0.25) is 0 Å². The molecule has 0 spiro atoms. The molecule has 1 atom stereocenters. The van der Waals surface area contributed by atoms with E-state index in [2.05, 4.69) is 5.10 Å². The van der Waals surface area contributed by atoms with Crippen molar-refractivity contribution in [3.8, 4) is 0 Å². The first-order valence-electron chi connectivity index (χ1n) is 5.48. The zero-order valence-electron chi connectivity index (χ0n) is 9.98. The molecule has 1 N–H and O–H groups in total. The first-order valence-corrected chi connectivity index (χ1v) is 5.48. The van der Waals surface area contributed by atoms with Crippen LogP contribution in [-0.4, -0.2) is 33.6 Å². The lowest BCUT2D eigenvalue weighted by Gasteiger charge is -2.32. The van der Waals surface area contributed by atoms with Crippen molar-refractivity contribution >= 4 is 11.6 Å². The summed E-state index contributed by atoms with van der Waals surface area (Å²) in [5, 5.41) is 13.4. The Morgan fingerprint density at radius 3 is 2.47 bits per heavy atom. The highest BCUT2D eigenvalue weighted by atomic mass is 19.4. The summed E-state index contributed by atoms with van der Waals surface area (Å²) in [6.45, 7) is 1.33. The van der Waals surface area contributed by atoms with Crippen LogP contribution >= 0.6 is 0 Å². The van der Waals surface area contributed by atoms with Crippen LogP contribution in [0.5, 0.6) is 0 Å². The van der Waals surface area contributed by atoms with Crippen LogP contribution < -0.4 is 0 Å². The molecule has 7 heteroatoms. The largest absolute Gasteiger partial charge is 0.438 e. The first-order chi connectivity index (χ1) is 8.75. The first kappa shape index (κ1) is 13.5. The van der Waals surface area contributed by atoms with E-state index in [-0.39, 0.29) is 16.3 Å². The molecule has 1 aliphatic heterocycles. The molecular weight excluding hydrogens is 261 g/mol. The molecule has 1 aromatic carbocycles. The Hall–Kier alpha value is -1.89. The molecule has 1 heterocycles. The van der Waals surface area contributed by atoms with Crippen molar-refractivity contribution < 1.29 is 23.1 Å². The van der Waals surface area contributed by atoms with Crippen LogP contribution in [0.25, 0.3) is 0 Å². The van der Waals surface area contributed by atoms with Gasteiger partial charge in [-0.2, -0.15) is 23.3 Å². The Balaban J connectivity index is 2.40. The summed E-state index contributed by atoms with van der Waals surface area (Å²) in [4.78, 5) is 12.0. The van der Waals surface area contributed by atoms with E-state index in [0.717, 1.165) is 0 Å². The fourth-order valence-corrected chi connectivity index (χ4v) is 1.86. The highest BCUT2D eigenvalue weighted by molar-refractivity contribution is 5.97. The maximum atomic E-state index is 12.9. The third-order valence-electron chi connectivity index (χ3n) is 2.79. The predicted molar refractivity (Wildman–Crippen MR) is 61.3 cm³/mol. The average Bonchev–Trinajstić information content (AvgIpc) is 2.65. The number of alkyl halides is 3. The van der Waals surface area contributed by atoms with Gasteiger partial charge in [0.25, 0.3) is 11.6 Å². The third kappa shape index (κ3) is 2.21. The van der Waals surface area contributed by atoms with Gasteiger partial charge in [0.15, 0.2) is 0 Å². The van der Waals surface area contributed by atoms with Gasteiger partial charge in [-0.25, -0.2) is 0 Å². The molecule has 0 radical (unpaired) electrons. The normalized spacial score (nSPS) is 23.4. The van der Waals surface area contributed by atoms with Gasteiger partial charge in [0.1, 0.15) is 0 Å². The molecule has 0 fully saturated rings. The van der Waals surface area contributed by atoms with Gasteiger partial charge in [-0.1, -0.05) is 18.2 Å². The van der Waals surface area contributed by atoms with E-state index in [9.17, 15) is 23.1 Å². The molecule has 2 rings (SSSR count). The van der Waals surface area contributed by atoms with E-state index < -0.39 is 24.2 Å². The number of amides is 1. The standard InChI is InChI=1S/C12H11F3N2O2/c1-8-7-11(19,12(13,14)15)17(16-8)10(18)9-5-3-2-4-6-9/h2-6,19H,7H2,1H3/t11-/m0/s1. The number of carbonyl (C=O) groups is 1. The number of rotatable bonds is 1. The Bertz CT molecular complexity index is 528. The molecule has 0 unspecified atom stereocenters. The minimum Gasteiger partial charge on any atom is -0.362 e. The Morgan fingerprint density at radius 1 is 1.37 bits per heavy atom. The lowest BCUT2D eigenvalue weighted by molar-refractivity contribution is -0.297. The van der Waals surface area contributed by atoms with E-state index in [1.165, 1.54) is 31.2 Å². The minimum absolute atomic E-state index is 0.0311. The summed E-state index contributed by atoms with van der Waals surface area (Å²) >= 11 is 0. The fourth-order valence-electron chi connectivity index (χ4n) is 1.86. The molecule has 4 nitrogen and oxygen atoms in total. The third-order valence-corrected chi connectivity index (χ3v) is 2.79. The summed E-state index contributed by atoms with van der Waals surface area (Å²) in [6, 6.07) is 7.40. The SMILES string of the molecule is CC1=NN(C(=O)c2ccccc2)[C@@](O)(C(F)(F)F)C1. The van der Waals surface area contributed by atoms with Crippen molar-refractivity contribution in [2.24, 2.45) is 5.10 Å². The second-order valence-corrected chi connectivity index (χ2v) is 4.31. The molecule has 0 saturated carbocycles. The number of benzene rings is 1. The second-order valence-electron chi connectivity index (χ2n) is 4.31. The molecule has 0 saturated heterocycles. The van der Waals surface area contributed by atoms with E-state index in [0.29, 0.717) is 0 Å². The number of hydrogen-bond donors (Lipinski definition) is 1. The van der Waals surface area contributed by atoms with E-state index >= 15 is 0 Å². The minimum atomic E-state index is -4.97. The van der Waals surface area contributed by atoms with Crippen LogP contribution in [-0.2, 0) is 0 Å². The quantitative estimate of drug-likeness (QED) is 0.851. The molecule has 102 valence electrons. The molecule has 0 bridgehead atoms. The van der Waals surface area contributed by atoms with Crippen LogP contribution in [0.4, 0.5) is 13.2 Å². The summed E-state index contributed by atoms with van der Waals surface area (Å²) in [5.41, 5.74) is -3.20. The number of halogens is 3. The van der Waals surface area contributed by atoms with E-state index in [4.69, 9.17) is 0 Å². The number of carbonyl (C=O) groups excluding carboxylic acids is 1. The van der Waals surface area contributed by atoms with Gasteiger partial charge >= 0.3 is 6.18 Å². The van der Waals surface area contributed by atoms with Gasteiger partial charge in [-0.05, 0) is 19.1 Å². The maximum absolute atomic E-state index is 12.9. The number of nitrogens with zero attached hydrogens (tertiary/aromatic N) is 2. The van der Waals surface area contributed by atoms with Crippen LogP contribution in [0, 0.1) is 0 Å². The lowest BCUT2D eigenvalue weighted by Crippen LogP contribution is -2.56. The molecule has 1 aliphatic rings. The predicted octanol–water partition coefficient (Wildman–Crippen LogP) is 2.16. The highest BCUT2D eigenvalue weighted by Gasteiger charge is 2.62. The second kappa shape index (κ2) is 4.34.